The number of hydrogen-bond donors (Lipinski definition) is 0. The van der Waals surface area contributed by atoms with Gasteiger partial charge in [0.25, 0.3) is 5.56 Å². The van der Waals surface area contributed by atoms with Crippen LogP contribution in [0, 0.1) is 18.3 Å². The highest BCUT2D eigenvalue weighted by atomic mass is 16.8. The Morgan fingerprint density at radius 2 is 1.21 bits per heavy atom. The molecule has 53 heavy (non-hydrogen) atoms. The Hall–Kier alpha value is -7.03. The van der Waals surface area contributed by atoms with Gasteiger partial charge in [0.15, 0.2) is 12.3 Å². The van der Waals surface area contributed by atoms with Gasteiger partial charge in [-0.2, -0.15) is 5.26 Å². The minimum absolute atomic E-state index is 0.154. The highest BCUT2D eigenvalue weighted by Gasteiger charge is 2.54. The van der Waals surface area contributed by atoms with Gasteiger partial charge in [-0.15, -0.1) is 0 Å². The van der Waals surface area contributed by atoms with E-state index < -0.39 is 48.2 Å². The van der Waals surface area contributed by atoms with Gasteiger partial charge in [0.2, 0.25) is 12.4 Å². The predicted molar refractivity (Wildman–Crippen MR) is 190 cm³/mol. The van der Waals surface area contributed by atoms with Crippen molar-refractivity contribution in [1.29, 1.82) is 5.26 Å². The van der Waals surface area contributed by atoms with Crippen molar-refractivity contribution in [3.63, 3.8) is 0 Å². The fourth-order valence-corrected chi connectivity index (χ4v) is 6.00. The Morgan fingerprint density at radius 1 is 0.679 bits per heavy atom. The van der Waals surface area contributed by atoms with Crippen molar-refractivity contribution >= 4 is 17.9 Å². The zero-order valence-corrected chi connectivity index (χ0v) is 28.2. The Morgan fingerprint density at radius 3 is 1.72 bits per heavy atom. The molecular weight excluding hydrogens is 676 g/mol. The number of hydrogen-bond acceptors (Lipinski definition) is 10. The van der Waals surface area contributed by atoms with Gasteiger partial charge < -0.3 is 23.4 Å². The Bertz CT molecular complexity index is 2350. The van der Waals surface area contributed by atoms with Crippen molar-refractivity contribution < 1.29 is 37.7 Å². The average molecular weight is 707 g/mol. The first-order valence-electron chi connectivity index (χ1n) is 16.6. The minimum atomic E-state index is -1.69. The number of nitriles is 1. The first-order valence-corrected chi connectivity index (χ1v) is 16.6. The highest BCUT2D eigenvalue weighted by Crippen LogP contribution is 2.39. The summed E-state index contributed by atoms with van der Waals surface area (Å²) >= 11 is 0. The molecule has 0 spiro atoms. The van der Waals surface area contributed by atoms with Crippen LogP contribution in [0.3, 0.4) is 0 Å². The van der Waals surface area contributed by atoms with Gasteiger partial charge in [0.05, 0.1) is 28.6 Å². The number of furan rings is 1. The van der Waals surface area contributed by atoms with Crippen molar-refractivity contribution in [1.82, 2.24) is 4.57 Å². The molecule has 1 aliphatic rings. The maximum absolute atomic E-state index is 14.6. The molecule has 262 valence electrons. The van der Waals surface area contributed by atoms with E-state index in [1.165, 1.54) is 42.7 Å². The largest absolute Gasteiger partial charge is 0.464 e. The number of aryl methyl sites for hydroxylation is 1. The lowest BCUT2D eigenvalue weighted by atomic mass is 10.0. The summed E-state index contributed by atoms with van der Waals surface area (Å²) in [5.74, 6) is -2.24. The van der Waals surface area contributed by atoms with Gasteiger partial charge in [0.1, 0.15) is 17.4 Å². The number of benzene rings is 4. The van der Waals surface area contributed by atoms with E-state index in [0.29, 0.717) is 5.56 Å². The van der Waals surface area contributed by atoms with E-state index in [9.17, 15) is 24.4 Å². The molecule has 0 radical (unpaired) electrons. The number of pyridine rings is 1. The van der Waals surface area contributed by atoms with Crippen molar-refractivity contribution in [2.24, 2.45) is 0 Å². The molecule has 1 saturated heterocycles. The van der Waals surface area contributed by atoms with Gasteiger partial charge in [0, 0.05) is 5.56 Å². The zero-order valence-electron chi connectivity index (χ0n) is 28.2. The summed E-state index contributed by atoms with van der Waals surface area (Å²) in [6, 6.07) is 38.2. The van der Waals surface area contributed by atoms with E-state index in [-0.39, 0.29) is 39.3 Å². The second kappa shape index (κ2) is 15.1. The SMILES string of the molecule is Cc1ccc(-c2cc(-c3ccco3)c(C#N)c(=O)n2C2OC(OC(=O)c3ccccc3)C(OC(=O)c3ccccc3)C2OC(=O)c2ccccc2)cc1. The summed E-state index contributed by atoms with van der Waals surface area (Å²) in [7, 11) is 0. The fraction of sp³-hybridized carbons (Fsp3) is 0.119. The lowest BCUT2D eigenvalue weighted by Gasteiger charge is -2.26. The number of carbonyl (C=O) groups is 3. The number of rotatable bonds is 9. The number of nitrogens with zero attached hydrogens (tertiary/aromatic N) is 2. The van der Waals surface area contributed by atoms with E-state index in [1.807, 2.05) is 25.1 Å². The summed E-state index contributed by atoms with van der Waals surface area (Å²) < 4.78 is 31.0. The summed E-state index contributed by atoms with van der Waals surface area (Å²) in [4.78, 5) is 55.5. The molecule has 1 aliphatic heterocycles. The van der Waals surface area contributed by atoms with Crippen LogP contribution in [0.15, 0.2) is 149 Å². The molecule has 4 atom stereocenters. The average Bonchev–Trinajstić information content (AvgIpc) is 3.84. The molecule has 0 N–H and O–H groups in total. The van der Waals surface area contributed by atoms with E-state index in [2.05, 4.69) is 0 Å². The van der Waals surface area contributed by atoms with Gasteiger partial charge >= 0.3 is 17.9 Å². The third-order valence-corrected chi connectivity index (χ3v) is 8.63. The van der Waals surface area contributed by atoms with Crippen LogP contribution >= 0.6 is 0 Å². The van der Waals surface area contributed by atoms with Crippen LogP contribution in [0.1, 0.15) is 48.4 Å². The molecule has 11 heteroatoms. The number of esters is 3. The first-order chi connectivity index (χ1) is 25.8. The van der Waals surface area contributed by atoms with Crippen molar-refractivity contribution in [3.05, 3.63) is 178 Å². The molecule has 0 saturated carbocycles. The van der Waals surface area contributed by atoms with E-state index in [0.717, 1.165) is 10.1 Å². The summed E-state index contributed by atoms with van der Waals surface area (Å²) in [5, 5.41) is 10.3. The molecule has 2 aromatic heterocycles. The standard InChI is InChI=1S/C42H30N2O9/c1-26-19-21-27(22-20-26)33-24-31(34-18-11-23-49-34)32(25-43)37(45)44(33)38-35(50-39(46)28-12-5-2-6-13-28)36(51-40(47)29-14-7-3-8-15-29)42(52-38)53-41(48)30-16-9-4-10-17-30/h2-24,35-36,38,42H,1H3. The number of carbonyl (C=O) groups excluding carboxylic acids is 3. The van der Waals surface area contributed by atoms with Crippen molar-refractivity contribution in [2.45, 2.75) is 31.6 Å². The molecule has 7 rings (SSSR count). The summed E-state index contributed by atoms with van der Waals surface area (Å²) in [6.45, 7) is 1.90. The monoisotopic (exact) mass is 706 g/mol. The van der Waals surface area contributed by atoms with Crippen LogP contribution in [0.2, 0.25) is 0 Å². The van der Waals surface area contributed by atoms with Crippen LogP contribution in [0.5, 0.6) is 0 Å². The molecule has 11 nitrogen and oxygen atoms in total. The zero-order chi connectivity index (χ0) is 36.9. The molecule has 0 aliphatic carbocycles. The van der Waals surface area contributed by atoms with E-state index in [4.69, 9.17) is 23.4 Å². The van der Waals surface area contributed by atoms with Crippen LogP contribution in [0.25, 0.3) is 22.6 Å². The maximum Gasteiger partial charge on any atom is 0.340 e. The molecule has 4 aromatic carbocycles. The van der Waals surface area contributed by atoms with Crippen LogP contribution in [0.4, 0.5) is 0 Å². The van der Waals surface area contributed by atoms with Crippen molar-refractivity contribution in [3.8, 4) is 28.7 Å². The van der Waals surface area contributed by atoms with Crippen LogP contribution < -0.4 is 5.56 Å². The number of ether oxygens (including phenoxy) is 4. The smallest absolute Gasteiger partial charge is 0.340 e. The van der Waals surface area contributed by atoms with E-state index >= 15 is 0 Å². The Kier molecular flexibility index (Phi) is 9.78. The fourth-order valence-electron chi connectivity index (χ4n) is 6.00. The lowest BCUT2D eigenvalue weighted by Crippen LogP contribution is -2.42. The molecule has 0 amide bonds. The molecule has 6 aromatic rings. The summed E-state index contributed by atoms with van der Waals surface area (Å²) in [6.07, 6.45) is -5.05. The molecular formula is C42H30N2O9. The highest BCUT2D eigenvalue weighted by molar-refractivity contribution is 5.91. The van der Waals surface area contributed by atoms with Gasteiger partial charge in [-0.05, 0) is 67.1 Å². The second-order valence-electron chi connectivity index (χ2n) is 12.1. The first kappa shape index (κ1) is 34.4. The molecule has 3 heterocycles. The van der Waals surface area contributed by atoms with Gasteiger partial charge in [-0.1, -0.05) is 84.4 Å². The molecule has 1 fully saturated rings. The third-order valence-electron chi connectivity index (χ3n) is 8.63. The topological polar surface area (TPSA) is 147 Å². The predicted octanol–water partition coefficient (Wildman–Crippen LogP) is 7.12. The minimum Gasteiger partial charge on any atom is -0.464 e. The Labute approximate surface area is 303 Å². The van der Waals surface area contributed by atoms with Crippen molar-refractivity contribution in [2.75, 3.05) is 0 Å². The molecule has 4 unspecified atom stereocenters. The summed E-state index contributed by atoms with van der Waals surface area (Å²) in [5.41, 5.74) is 1.28. The van der Waals surface area contributed by atoms with Gasteiger partial charge in [-0.25, -0.2) is 14.4 Å². The third kappa shape index (κ3) is 7.12. The van der Waals surface area contributed by atoms with Crippen LogP contribution in [-0.4, -0.2) is 41.0 Å². The van der Waals surface area contributed by atoms with Crippen LogP contribution in [-0.2, 0) is 18.9 Å². The lowest BCUT2D eigenvalue weighted by molar-refractivity contribution is -0.148. The quantitative estimate of drug-likeness (QED) is 0.112. The Balaban J connectivity index is 1.42. The maximum atomic E-state index is 14.6. The molecule has 0 bridgehead atoms. The second-order valence-corrected chi connectivity index (χ2v) is 12.1. The van der Waals surface area contributed by atoms with Gasteiger partial charge in [-0.3, -0.25) is 9.36 Å². The number of aromatic nitrogens is 1. The van der Waals surface area contributed by atoms with E-state index in [1.54, 1.807) is 84.9 Å². The normalized spacial score (nSPS) is 17.7.